The summed E-state index contributed by atoms with van der Waals surface area (Å²) >= 11 is 0. The first-order valence-corrected chi connectivity index (χ1v) is 22.9. The van der Waals surface area contributed by atoms with Crippen molar-refractivity contribution in [3.05, 3.63) is 73.4 Å². The Morgan fingerprint density at radius 3 is 1.55 bits per heavy atom. The van der Waals surface area contributed by atoms with Crippen LogP contribution in [0, 0.1) is 0 Å². The molecule has 0 saturated heterocycles. The van der Waals surface area contributed by atoms with E-state index in [1.165, 1.54) is 57.8 Å². The lowest BCUT2D eigenvalue weighted by Gasteiger charge is -2.19. The fraction of sp³-hybridized carbons (Fsp3) is 0.689. The molecule has 0 aliphatic rings. The number of rotatable bonds is 40. The van der Waals surface area contributed by atoms with E-state index in [4.69, 9.17) is 24.3 Å². The number of esters is 2. The van der Waals surface area contributed by atoms with Gasteiger partial charge in [0.05, 0.1) is 13.2 Å². The zero-order chi connectivity index (χ0) is 40.3. The number of hydrogen-bond donors (Lipinski definition) is 2. The smallest absolute Gasteiger partial charge is 0.462 e. The van der Waals surface area contributed by atoms with E-state index in [0.717, 1.165) is 77.0 Å². The van der Waals surface area contributed by atoms with Crippen LogP contribution in [0.1, 0.15) is 167 Å². The molecule has 0 aromatic carbocycles. The summed E-state index contributed by atoms with van der Waals surface area (Å²) in [6.45, 7) is 5.09. The van der Waals surface area contributed by atoms with Crippen LogP contribution in [0.15, 0.2) is 73.4 Å². The first kappa shape index (κ1) is 52.5. The SMILES string of the molecule is C=CCCCCCCCCCCCCCCCC(=O)O[C@H](COC(=O)CCCCC/C=C/C/C=C/C/C=C/C/C=C/C/C=C/CC)COP(=O)(O)OCCN. The molecule has 10 heteroatoms. The Balaban J connectivity index is 4.22. The summed E-state index contributed by atoms with van der Waals surface area (Å²) in [5.41, 5.74) is 5.34. The minimum absolute atomic E-state index is 0.0449. The van der Waals surface area contributed by atoms with Gasteiger partial charge in [-0.15, -0.1) is 6.58 Å². The van der Waals surface area contributed by atoms with E-state index in [-0.39, 0.29) is 32.6 Å². The van der Waals surface area contributed by atoms with Crippen LogP contribution >= 0.6 is 7.82 Å². The number of allylic oxidation sites excluding steroid dienone is 11. The van der Waals surface area contributed by atoms with Gasteiger partial charge >= 0.3 is 19.8 Å². The summed E-state index contributed by atoms with van der Waals surface area (Å²) in [5, 5.41) is 0. The Bertz CT molecular complexity index is 1120. The van der Waals surface area contributed by atoms with Crippen molar-refractivity contribution < 1.29 is 37.6 Å². The summed E-state index contributed by atoms with van der Waals surface area (Å²) < 4.78 is 32.7. The monoisotopic (exact) mass is 792 g/mol. The maximum absolute atomic E-state index is 12.6. The van der Waals surface area contributed by atoms with Gasteiger partial charge in [0.2, 0.25) is 0 Å². The summed E-state index contributed by atoms with van der Waals surface area (Å²) in [6.07, 6.45) is 48.2. The molecule has 55 heavy (non-hydrogen) atoms. The molecule has 0 radical (unpaired) electrons. The van der Waals surface area contributed by atoms with Crippen LogP contribution in [-0.2, 0) is 32.7 Å². The predicted molar refractivity (Wildman–Crippen MR) is 229 cm³/mol. The molecule has 9 nitrogen and oxygen atoms in total. The Kier molecular flexibility index (Phi) is 39.2. The Labute approximate surface area is 335 Å². The van der Waals surface area contributed by atoms with Gasteiger partial charge in [0.15, 0.2) is 6.10 Å². The van der Waals surface area contributed by atoms with Crippen molar-refractivity contribution in [2.45, 2.75) is 174 Å². The normalized spacial score (nSPS) is 13.8. The van der Waals surface area contributed by atoms with Gasteiger partial charge in [-0.25, -0.2) is 4.57 Å². The molecule has 0 bridgehead atoms. The number of ether oxygens (including phenoxy) is 2. The van der Waals surface area contributed by atoms with Gasteiger partial charge in [-0.2, -0.15) is 0 Å². The van der Waals surface area contributed by atoms with Crippen molar-refractivity contribution in [2.75, 3.05) is 26.4 Å². The molecule has 0 fully saturated rings. The largest absolute Gasteiger partial charge is 0.472 e. The number of carbonyl (C=O) groups is 2. The molecule has 0 aliphatic heterocycles. The van der Waals surface area contributed by atoms with E-state index in [2.05, 4.69) is 74.3 Å². The average Bonchev–Trinajstić information content (AvgIpc) is 3.17. The van der Waals surface area contributed by atoms with Crippen LogP contribution in [0.5, 0.6) is 0 Å². The molecule has 316 valence electrons. The Morgan fingerprint density at radius 1 is 0.600 bits per heavy atom. The van der Waals surface area contributed by atoms with E-state index in [0.29, 0.717) is 12.8 Å². The molecular formula is C45H78NO8P. The molecule has 0 spiro atoms. The van der Waals surface area contributed by atoms with Crippen LogP contribution in [0.3, 0.4) is 0 Å². The first-order chi connectivity index (χ1) is 26.8. The van der Waals surface area contributed by atoms with Gasteiger partial charge in [0.25, 0.3) is 0 Å². The molecule has 0 saturated carbocycles. The summed E-state index contributed by atoms with van der Waals surface area (Å²) in [4.78, 5) is 34.9. The summed E-state index contributed by atoms with van der Waals surface area (Å²) in [7, 11) is -4.39. The van der Waals surface area contributed by atoms with Gasteiger partial charge in [0, 0.05) is 19.4 Å². The number of carbonyl (C=O) groups excluding carboxylic acids is 2. The topological polar surface area (TPSA) is 134 Å². The molecule has 0 aromatic rings. The van der Waals surface area contributed by atoms with E-state index in [1.807, 2.05) is 6.08 Å². The standard InChI is InChI=1S/C45H78NO8P/c1-3-5-7-9-11-13-15-17-19-20-21-22-24-25-27-29-31-33-35-37-44(47)51-41-43(42-53-55(49,50)52-40-39-46)54-45(48)38-36-34-32-30-28-26-23-18-16-14-12-10-8-6-4-2/h4-5,7,11,13,17,19,21-22,25,27,43H,2-3,6,8-10,12,14-16,18,20,23-24,26,28-42,46H2,1H3,(H,49,50)/b7-5+,13-11+,19-17+,22-21+,27-25+/t43-/m1/s1. The second-order valence-electron chi connectivity index (χ2n) is 13.9. The average molecular weight is 792 g/mol. The number of hydrogen-bond acceptors (Lipinski definition) is 8. The number of unbranched alkanes of at least 4 members (excludes halogenated alkanes) is 16. The lowest BCUT2D eigenvalue weighted by Crippen LogP contribution is -2.29. The maximum atomic E-state index is 12.6. The highest BCUT2D eigenvalue weighted by molar-refractivity contribution is 7.47. The minimum atomic E-state index is -4.39. The quantitative estimate of drug-likeness (QED) is 0.0269. The van der Waals surface area contributed by atoms with E-state index >= 15 is 0 Å². The molecule has 0 rings (SSSR count). The van der Waals surface area contributed by atoms with Crippen molar-refractivity contribution in [1.29, 1.82) is 0 Å². The predicted octanol–water partition coefficient (Wildman–Crippen LogP) is 12.3. The highest BCUT2D eigenvalue weighted by Gasteiger charge is 2.26. The van der Waals surface area contributed by atoms with Crippen LogP contribution < -0.4 is 5.73 Å². The van der Waals surface area contributed by atoms with Crippen molar-refractivity contribution in [1.82, 2.24) is 0 Å². The molecule has 0 aromatic heterocycles. The lowest BCUT2D eigenvalue weighted by atomic mass is 10.0. The Hall–Kier alpha value is -2.55. The molecule has 1 unspecified atom stereocenters. The Morgan fingerprint density at radius 2 is 1.04 bits per heavy atom. The van der Waals surface area contributed by atoms with Crippen LogP contribution in [-0.4, -0.2) is 49.3 Å². The molecule has 0 amide bonds. The van der Waals surface area contributed by atoms with Crippen molar-refractivity contribution in [3.8, 4) is 0 Å². The second kappa shape index (κ2) is 41.1. The van der Waals surface area contributed by atoms with Gasteiger partial charge in [0.1, 0.15) is 6.61 Å². The highest BCUT2D eigenvalue weighted by atomic mass is 31.2. The summed E-state index contributed by atoms with van der Waals surface area (Å²) in [5.74, 6) is -0.874. The van der Waals surface area contributed by atoms with Gasteiger partial charge in [-0.05, 0) is 70.6 Å². The van der Waals surface area contributed by atoms with Crippen LogP contribution in [0.25, 0.3) is 0 Å². The lowest BCUT2D eigenvalue weighted by molar-refractivity contribution is -0.161. The second-order valence-corrected chi connectivity index (χ2v) is 15.4. The van der Waals surface area contributed by atoms with Gasteiger partial charge in [-0.3, -0.25) is 18.6 Å². The molecule has 3 N–H and O–H groups in total. The number of phosphoric acid groups is 1. The first-order valence-electron chi connectivity index (χ1n) is 21.4. The number of phosphoric ester groups is 1. The van der Waals surface area contributed by atoms with Crippen LogP contribution in [0.4, 0.5) is 0 Å². The van der Waals surface area contributed by atoms with Gasteiger partial charge in [-0.1, -0.05) is 151 Å². The summed E-state index contributed by atoms with van der Waals surface area (Å²) in [6, 6.07) is 0. The third-order valence-electron chi connectivity index (χ3n) is 8.72. The molecule has 0 aliphatic carbocycles. The van der Waals surface area contributed by atoms with Crippen molar-refractivity contribution in [3.63, 3.8) is 0 Å². The molecular weight excluding hydrogens is 713 g/mol. The minimum Gasteiger partial charge on any atom is -0.462 e. The van der Waals surface area contributed by atoms with E-state index < -0.39 is 32.5 Å². The fourth-order valence-electron chi connectivity index (χ4n) is 5.58. The zero-order valence-electron chi connectivity index (χ0n) is 34.5. The van der Waals surface area contributed by atoms with Crippen molar-refractivity contribution >= 4 is 19.8 Å². The van der Waals surface area contributed by atoms with E-state index in [9.17, 15) is 19.0 Å². The molecule has 2 atom stereocenters. The number of nitrogens with two attached hydrogens (primary N) is 1. The van der Waals surface area contributed by atoms with Crippen LogP contribution in [0.2, 0.25) is 0 Å². The highest BCUT2D eigenvalue weighted by Crippen LogP contribution is 2.43. The third-order valence-corrected chi connectivity index (χ3v) is 9.71. The third kappa shape index (κ3) is 40.9. The zero-order valence-corrected chi connectivity index (χ0v) is 35.4. The van der Waals surface area contributed by atoms with Gasteiger partial charge < -0.3 is 20.1 Å². The van der Waals surface area contributed by atoms with Crippen molar-refractivity contribution in [2.24, 2.45) is 5.73 Å². The molecule has 0 heterocycles. The fourth-order valence-corrected chi connectivity index (χ4v) is 6.35. The maximum Gasteiger partial charge on any atom is 0.472 e. The van der Waals surface area contributed by atoms with E-state index in [1.54, 1.807) is 0 Å².